The topological polar surface area (TPSA) is 104 Å². The average molecular weight is 463 g/mol. The van der Waals surface area contributed by atoms with Gasteiger partial charge in [0.25, 0.3) is 0 Å². The lowest BCUT2D eigenvalue weighted by molar-refractivity contribution is 0.103. The second-order valence-electron chi connectivity index (χ2n) is 7.93. The smallest absolute Gasteiger partial charge is 0.232 e. The Labute approximate surface area is 184 Å². The molecule has 0 amide bonds. The van der Waals surface area contributed by atoms with E-state index >= 15 is 4.39 Å². The Kier molecular flexibility index (Phi) is 6.25. The molecule has 1 aliphatic heterocycles. The minimum atomic E-state index is -3.81. The summed E-state index contributed by atoms with van der Waals surface area (Å²) in [7, 11) is -3.81. The number of ketones is 1. The maximum atomic E-state index is 15.1. The van der Waals surface area contributed by atoms with Crippen LogP contribution >= 0.6 is 0 Å². The molecule has 1 aromatic carbocycles. The van der Waals surface area contributed by atoms with Gasteiger partial charge in [0.05, 0.1) is 17.0 Å². The molecular formula is C22H24F2N4O3S. The lowest BCUT2D eigenvalue weighted by Gasteiger charge is -2.22. The quantitative estimate of drug-likeness (QED) is 0.465. The van der Waals surface area contributed by atoms with Gasteiger partial charge in [-0.3, -0.25) is 9.52 Å². The van der Waals surface area contributed by atoms with Crippen molar-refractivity contribution in [1.82, 2.24) is 15.3 Å². The molecule has 1 aliphatic rings. The third kappa shape index (κ3) is 4.37. The molecule has 1 saturated heterocycles. The molecule has 0 aliphatic carbocycles. The van der Waals surface area contributed by atoms with Crippen LogP contribution < -0.4 is 10.0 Å². The van der Waals surface area contributed by atoms with Gasteiger partial charge in [-0.1, -0.05) is 6.92 Å². The van der Waals surface area contributed by atoms with E-state index in [-0.39, 0.29) is 17.2 Å². The lowest BCUT2D eigenvalue weighted by atomic mass is 9.90. The number of piperidine rings is 1. The second kappa shape index (κ2) is 8.95. The zero-order chi connectivity index (χ0) is 22.9. The molecule has 3 N–H and O–H groups in total. The van der Waals surface area contributed by atoms with Crippen molar-refractivity contribution < 1.29 is 22.0 Å². The van der Waals surface area contributed by atoms with Crippen molar-refractivity contribution in [1.29, 1.82) is 0 Å². The van der Waals surface area contributed by atoms with Crippen LogP contribution in [0.5, 0.6) is 0 Å². The first-order valence-corrected chi connectivity index (χ1v) is 12.2. The molecule has 1 fully saturated rings. The van der Waals surface area contributed by atoms with Gasteiger partial charge in [-0.2, -0.15) is 0 Å². The Morgan fingerprint density at radius 2 is 2.00 bits per heavy atom. The Balaban J connectivity index is 1.73. The predicted molar refractivity (Wildman–Crippen MR) is 118 cm³/mol. The van der Waals surface area contributed by atoms with Crippen LogP contribution in [0.15, 0.2) is 30.6 Å². The molecule has 0 spiro atoms. The average Bonchev–Trinajstić information content (AvgIpc) is 3.19. The highest BCUT2D eigenvalue weighted by atomic mass is 32.2. The van der Waals surface area contributed by atoms with E-state index in [9.17, 15) is 17.6 Å². The van der Waals surface area contributed by atoms with E-state index in [4.69, 9.17) is 0 Å². The van der Waals surface area contributed by atoms with Crippen LogP contribution in [-0.2, 0) is 10.0 Å². The number of pyridine rings is 1. The van der Waals surface area contributed by atoms with E-state index in [1.807, 2.05) is 6.07 Å². The summed E-state index contributed by atoms with van der Waals surface area (Å²) in [6.45, 7) is 3.44. The van der Waals surface area contributed by atoms with Gasteiger partial charge in [0.1, 0.15) is 11.5 Å². The van der Waals surface area contributed by atoms with E-state index in [1.54, 1.807) is 13.1 Å². The van der Waals surface area contributed by atoms with E-state index in [0.717, 1.165) is 43.6 Å². The number of benzene rings is 1. The molecule has 4 rings (SSSR count). The number of nitrogens with zero attached hydrogens (tertiary/aromatic N) is 1. The standard InChI is InChI=1S/C22H24F2N4O3S/c1-2-9-32(30,31)28-18-4-3-17(23)19(20(18)24)21(29)16-12-27-22-15(16)10-14(11-26-22)13-5-7-25-8-6-13/h3-4,10-13,25,28H,2,5-9H2,1H3,(H,26,27). The molecule has 0 atom stereocenters. The van der Waals surface area contributed by atoms with E-state index in [2.05, 4.69) is 20.0 Å². The number of aromatic nitrogens is 2. The summed E-state index contributed by atoms with van der Waals surface area (Å²) in [5.41, 5.74) is 0.211. The minimum absolute atomic E-state index is 0.0784. The molecule has 170 valence electrons. The first kappa shape index (κ1) is 22.3. The van der Waals surface area contributed by atoms with Crippen molar-refractivity contribution >= 4 is 32.5 Å². The SMILES string of the molecule is CCCS(=O)(=O)Nc1ccc(F)c(C(=O)c2c[nH]c3ncc(C4CCNCC4)cc23)c1F. The molecular weight excluding hydrogens is 438 g/mol. The van der Waals surface area contributed by atoms with Crippen molar-refractivity contribution in [3.05, 3.63) is 58.9 Å². The van der Waals surface area contributed by atoms with Gasteiger partial charge in [0, 0.05) is 23.3 Å². The predicted octanol–water partition coefficient (Wildman–Crippen LogP) is 3.69. The fourth-order valence-electron chi connectivity index (χ4n) is 4.05. The highest BCUT2D eigenvalue weighted by Crippen LogP contribution is 2.31. The largest absolute Gasteiger partial charge is 0.345 e. The number of carbonyl (C=O) groups is 1. The van der Waals surface area contributed by atoms with Crippen molar-refractivity contribution in [3.63, 3.8) is 0 Å². The molecule has 0 saturated carbocycles. The van der Waals surface area contributed by atoms with E-state index < -0.39 is 38.7 Å². The normalized spacial score (nSPS) is 15.2. The number of halogens is 2. The van der Waals surface area contributed by atoms with Crippen molar-refractivity contribution in [2.24, 2.45) is 0 Å². The van der Waals surface area contributed by atoms with E-state index in [0.29, 0.717) is 17.5 Å². The Hall–Kier alpha value is -2.85. The van der Waals surface area contributed by atoms with Crippen LogP contribution in [0, 0.1) is 11.6 Å². The van der Waals surface area contributed by atoms with Gasteiger partial charge in [-0.15, -0.1) is 0 Å². The molecule has 7 nitrogen and oxygen atoms in total. The van der Waals surface area contributed by atoms with E-state index in [1.165, 1.54) is 6.20 Å². The van der Waals surface area contributed by atoms with Crippen molar-refractivity contribution in [2.75, 3.05) is 23.6 Å². The number of carbonyl (C=O) groups excluding carboxylic acids is 1. The fourth-order valence-corrected chi connectivity index (χ4v) is 5.18. The van der Waals surface area contributed by atoms with Gasteiger partial charge in [-0.25, -0.2) is 22.2 Å². The zero-order valence-corrected chi connectivity index (χ0v) is 18.4. The summed E-state index contributed by atoms with van der Waals surface area (Å²) in [5.74, 6) is -3.13. The van der Waals surface area contributed by atoms with Gasteiger partial charge < -0.3 is 10.3 Å². The molecule has 2 aromatic heterocycles. The number of hydrogen-bond donors (Lipinski definition) is 3. The van der Waals surface area contributed by atoms with Crippen molar-refractivity contribution in [2.45, 2.75) is 32.1 Å². The lowest BCUT2D eigenvalue weighted by Crippen LogP contribution is -2.26. The summed E-state index contributed by atoms with van der Waals surface area (Å²) in [6, 6.07) is 3.69. The maximum absolute atomic E-state index is 15.1. The number of fused-ring (bicyclic) bond motifs is 1. The molecule has 3 heterocycles. The number of rotatable bonds is 7. The summed E-state index contributed by atoms with van der Waals surface area (Å²) >= 11 is 0. The van der Waals surface area contributed by atoms with Crippen LogP contribution in [0.4, 0.5) is 14.5 Å². The van der Waals surface area contributed by atoms with Gasteiger partial charge in [0.15, 0.2) is 5.82 Å². The number of hydrogen-bond acceptors (Lipinski definition) is 5. The summed E-state index contributed by atoms with van der Waals surface area (Å²) in [5, 5.41) is 3.77. The second-order valence-corrected chi connectivity index (χ2v) is 9.77. The summed E-state index contributed by atoms with van der Waals surface area (Å²) in [4.78, 5) is 20.4. The van der Waals surface area contributed by atoms with Crippen LogP contribution in [0.3, 0.4) is 0 Å². The maximum Gasteiger partial charge on any atom is 0.232 e. The molecule has 0 radical (unpaired) electrons. The molecule has 10 heteroatoms. The molecule has 3 aromatic rings. The Bertz CT molecular complexity index is 1270. The molecule has 0 unspecified atom stereocenters. The van der Waals surface area contributed by atoms with Gasteiger partial charge in [0.2, 0.25) is 15.8 Å². The number of nitrogens with one attached hydrogen (secondary N) is 3. The summed E-state index contributed by atoms with van der Waals surface area (Å²) in [6.07, 6.45) is 5.33. The minimum Gasteiger partial charge on any atom is -0.345 e. The summed E-state index contributed by atoms with van der Waals surface area (Å²) < 4.78 is 55.8. The third-order valence-electron chi connectivity index (χ3n) is 5.66. The monoisotopic (exact) mass is 462 g/mol. The molecule has 0 bridgehead atoms. The highest BCUT2D eigenvalue weighted by molar-refractivity contribution is 7.92. The number of aromatic amines is 1. The number of anilines is 1. The number of H-pyrrole nitrogens is 1. The zero-order valence-electron chi connectivity index (χ0n) is 17.5. The molecule has 32 heavy (non-hydrogen) atoms. The van der Waals surface area contributed by atoms with Gasteiger partial charge >= 0.3 is 0 Å². The Morgan fingerprint density at radius 1 is 1.25 bits per heavy atom. The van der Waals surface area contributed by atoms with Crippen LogP contribution in [0.2, 0.25) is 0 Å². The first-order chi connectivity index (χ1) is 15.3. The highest BCUT2D eigenvalue weighted by Gasteiger charge is 2.26. The number of sulfonamides is 1. The van der Waals surface area contributed by atoms with Crippen LogP contribution in [-0.4, -0.2) is 43.0 Å². The van der Waals surface area contributed by atoms with Crippen LogP contribution in [0.1, 0.15) is 53.6 Å². The van der Waals surface area contributed by atoms with Crippen molar-refractivity contribution in [3.8, 4) is 0 Å². The van der Waals surface area contributed by atoms with Crippen LogP contribution in [0.25, 0.3) is 11.0 Å². The fraction of sp³-hybridized carbons (Fsp3) is 0.364. The first-order valence-electron chi connectivity index (χ1n) is 10.5. The Morgan fingerprint density at radius 3 is 2.72 bits per heavy atom. The third-order valence-corrected chi connectivity index (χ3v) is 7.14. The van der Waals surface area contributed by atoms with Gasteiger partial charge in [-0.05, 0) is 62.0 Å².